The van der Waals surface area contributed by atoms with Crippen molar-refractivity contribution in [2.45, 2.75) is 51.0 Å². The molecule has 206 valence electrons. The molecule has 0 bridgehead atoms. The maximum atomic E-state index is 12.9. The Morgan fingerprint density at radius 1 is 0.949 bits per heavy atom. The number of carbonyl (C=O) groups is 2. The summed E-state index contributed by atoms with van der Waals surface area (Å²) in [5.41, 5.74) is 1.81. The molecule has 2 amide bonds. The molecular weight excluding hydrogens is 556 g/mol. The van der Waals surface area contributed by atoms with Gasteiger partial charge in [0.25, 0.3) is 11.8 Å². The molecule has 8 nitrogen and oxygen atoms in total. The first kappa shape index (κ1) is 27.6. The number of amides is 2. The van der Waals surface area contributed by atoms with E-state index in [1.54, 1.807) is 30.5 Å². The van der Waals surface area contributed by atoms with Gasteiger partial charge in [-0.15, -0.1) is 0 Å². The van der Waals surface area contributed by atoms with Crippen LogP contribution < -0.4 is 10.2 Å². The molecule has 0 spiro atoms. The molecule has 2 saturated heterocycles. The topological polar surface area (TPSA) is 92.6 Å². The number of hydrogen-bond acceptors (Lipinski definition) is 6. The summed E-state index contributed by atoms with van der Waals surface area (Å²) in [6.07, 6.45) is 9.92. The molecule has 1 N–H and O–H groups in total. The van der Waals surface area contributed by atoms with Gasteiger partial charge in [-0.1, -0.05) is 19.3 Å². The van der Waals surface area contributed by atoms with Gasteiger partial charge in [0.05, 0.1) is 21.7 Å². The average molecular weight is 594 g/mol. The van der Waals surface area contributed by atoms with Gasteiger partial charge < -0.3 is 15.1 Å². The van der Waals surface area contributed by atoms with E-state index < -0.39 is 0 Å². The Bertz CT molecular complexity index is 1190. The highest BCUT2D eigenvalue weighted by Gasteiger charge is 2.30. The van der Waals surface area contributed by atoms with Gasteiger partial charge in [0, 0.05) is 63.6 Å². The molecule has 39 heavy (non-hydrogen) atoms. The summed E-state index contributed by atoms with van der Waals surface area (Å²) < 4.78 is 0.857. The minimum absolute atomic E-state index is 0.0461. The lowest BCUT2D eigenvalue weighted by Gasteiger charge is -2.43. The first-order chi connectivity index (χ1) is 19.0. The zero-order valence-electron chi connectivity index (χ0n) is 22.4. The molecule has 1 aromatic heterocycles. The molecule has 5 rings (SSSR count). The van der Waals surface area contributed by atoms with E-state index in [1.807, 2.05) is 11.0 Å². The van der Waals surface area contributed by atoms with Crippen molar-refractivity contribution >= 4 is 33.6 Å². The van der Waals surface area contributed by atoms with E-state index in [4.69, 9.17) is 5.26 Å². The molecule has 1 saturated carbocycles. The Balaban J connectivity index is 1.08. The third kappa shape index (κ3) is 6.79. The van der Waals surface area contributed by atoms with Gasteiger partial charge in [0.2, 0.25) is 0 Å². The maximum absolute atomic E-state index is 12.9. The number of nitrogens with zero attached hydrogens (tertiary/aromatic N) is 5. The number of pyridine rings is 1. The molecule has 0 radical (unpaired) electrons. The summed E-state index contributed by atoms with van der Waals surface area (Å²) in [5, 5.41) is 12.1. The fraction of sp³-hybridized carbons (Fsp3) is 0.533. The first-order valence-electron chi connectivity index (χ1n) is 14.2. The van der Waals surface area contributed by atoms with Gasteiger partial charge in [-0.25, -0.2) is 4.98 Å². The number of nitrogens with one attached hydrogen (secondary N) is 1. The quantitative estimate of drug-likeness (QED) is 0.532. The minimum Gasteiger partial charge on any atom is -0.353 e. The van der Waals surface area contributed by atoms with Crippen LogP contribution in [0.25, 0.3) is 0 Å². The van der Waals surface area contributed by atoms with E-state index in [1.165, 1.54) is 32.1 Å². The van der Waals surface area contributed by atoms with E-state index >= 15 is 0 Å². The zero-order valence-corrected chi connectivity index (χ0v) is 24.0. The standard InChI is InChI=1S/C30H37BrN6O2/c31-27-18-25(29(38)34-20-23-4-2-1-3-5-23)21-33-28(27)36-16-14-35(15-17-36)26-10-12-37(13-11-26)30(39)24-8-6-22(19-32)7-9-24/h6-9,18,21,23,26H,1-5,10-17,20H2,(H,34,38). The maximum Gasteiger partial charge on any atom is 0.253 e. The van der Waals surface area contributed by atoms with Gasteiger partial charge in [0.1, 0.15) is 5.82 Å². The number of piperidine rings is 1. The van der Waals surface area contributed by atoms with Crippen LogP contribution in [0, 0.1) is 17.2 Å². The third-order valence-corrected chi connectivity index (χ3v) is 9.09. The van der Waals surface area contributed by atoms with Crippen LogP contribution in [-0.2, 0) is 0 Å². The van der Waals surface area contributed by atoms with Crippen molar-refractivity contribution in [3.8, 4) is 6.07 Å². The second-order valence-electron chi connectivity index (χ2n) is 11.0. The lowest BCUT2D eigenvalue weighted by molar-refractivity contribution is 0.0610. The highest BCUT2D eigenvalue weighted by Crippen LogP contribution is 2.28. The molecule has 0 unspecified atom stereocenters. The summed E-state index contributed by atoms with van der Waals surface area (Å²) in [6, 6.07) is 11.4. The molecule has 2 aromatic rings. The molecule has 3 heterocycles. The largest absolute Gasteiger partial charge is 0.353 e. The van der Waals surface area contributed by atoms with Gasteiger partial charge in [-0.3, -0.25) is 14.5 Å². The number of carbonyl (C=O) groups excluding carboxylic acids is 2. The van der Waals surface area contributed by atoms with E-state index in [0.29, 0.717) is 28.7 Å². The number of aromatic nitrogens is 1. The fourth-order valence-corrected chi connectivity index (χ4v) is 6.72. The molecular formula is C30H37BrN6O2. The predicted octanol–water partition coefficient (Wildman–Crippen LogP) is 4.45. The van der Waals surface area contributed by atoms with Crippen LogP contribution in [0.5, 0.6) is 0 Å². The zero-order chi connectivity index (χ0) is 27.2. The summed E-state index contributed by atoms with van der Waals surface area (Å²) in [4.78, 5) is 37.0. The van der Waals surface area contributed by atoms with Gasteiger partial charge in [0.15, 0.2) is 0 Å². The Morgan fingerprint density at radius 3 is 2.28 bits per heavy atom. The second kappa shape index (κ2) is 12.9. The third-order valence-electron chi connectivity index (χ3n) is 8.50. The van der Waals surface area contributed by atoms with Crippen LogP contribution >= 0.6 is 15.9 Å². The van der Waals surface area contributed by atoms with Gasteiger partial charge in [-0.05, 0) is 77.9 Å². The van der Waals surface area contributed by atoms with E-state index in [-0.39, 0.29) is 11.8 Å². The minimum atomic E-state index is -0.0471. The van der Waals surface area contributed by atoms with E-state index in [0.717, 1.165) is 68.9 Å². The average Bonchev–Trinajstić information content (AvgIpc) is 3.00. The van der Waals surface area contributed by atoms with Gasteiger partial charge >= 0.3 is 0 Å². The first-order valence-corrected chi connectivity index (χ1v) is 15.0. The summed E-state index contributed by atoms with van der Waals surface area (Å²) in [6.45, 7) is 5.91. The van der Waals surface area contributed by atoms with Crippen molar-refractivity contribution in [1.29, 1.82) is 5.26 Å². The number of likely N-dealkylation sites (tertiary alicyclic amines) is 1. The molecule has 9 heteroatoms. The monoisotopic (exact) mass is 592 g/mol. The Hall–Kier alpha value is -2.96. The second-order valence-corrected chi connectivity index (χ2v) is 11.8. The number of halogens is 1. The van der Waals surface area contributed by atoms with E-state index in [9.17, 15) is 9.59 Å². The highest BCUT2D eigenvalue weighted by atomic mass is 79.9. The van der Waals surface area contributed by atoms with Crippen molar-refractivity contribution in [2.75, 3.05) is 50.7 Å². The number of anilines is 1. The van der Waals surface area contributed by atoms with Gasteiger partial charge in [-0.2, -0.15) is 5.26 Å². The van der Waals surface area contributed by atoms with E-state index in [2.05, 4.69) is 42.1 Å². The Labute approximate surface area is 239 Å². The van der Waals surface area contributed by atoms with Crippen LogP contribution in [0.1, 0.15) is 71.2 Å². The van der Waals surface area contributed by atoms with Crippen molar-refractivity contribution in [2.24, 2.45) is 5.92 Å². The number of benzene rings is 1. The highest BCUT2D eigenvalue weighted by molar-refractivity contribution is 9.10. The molecule has 3 aliphatic rings. The number of hydrogen-bond donors (Lipinski definition) is 1. The van der Waals surface area contributed by atoms with Crippen LogP contribution in [0.3, 0.4) is 0 Å². The molecule has 1 aliphatic carbocycles. The van der Waals surface area contributed by atoms with Crippen LogP contribution in [-0.4, -0.2) is 78.5 Å². The number of rotatable bonds is 6. The van der Waals surface area contributed by atoms with Crippen molar-refractivity contribution in [3.05, 3.63) is 57.7 Å². The van der Waals surface area contributed by atoms with Crippen LogP contribution in [0.4, 0.5) is 5.82 Å². The summed E-state index contributed by atoms with van der Waals surface area (Å²) in [5.74, 6) is 1.49. The number of piperazine rings is 1. The number of nitriles is 1. The Morgan fingerprint density at radius 2 is 1.64 bits per heavy atom. The smallest absolute Gasteiger partial charge is 0.253 e. The van der Waals surface area contributed by atoms with Crippen molar-refractivity contribution in [1.82, 2.24) is 20.1 Å². The molecule has 1 aromatic carbocycles. The molecule has 3 fully saturated rings. The molecule has 2 aliphatic heterocycles. The summed E-state index contributed by atoms with van der Waals surface area (Å²) >= 11 is 3.67. The normalized spacial score (nSPS) is 19.5. The SMILES string of the molecule is N#Cc1ccc(C(=O)N2CCC(N3CCN(c4ncc(C(=O)NCC5CCCCC5)cc4Br)CC3)CC2)cc1. The fourth-order valence-electron chi connectivity index (χ4n) is 6.12. The molecule has 0 atom stereocenters. The van der Waals surface area contributed by atoms with Crippen LogP contribution in [0.15, 0.2) is 41.0 Å². The van der Waals surface area contributed by atoms with Crippen molar-refractivity contribution < 1.29 is 9.59 Å². The predicted molar refractivity (Wildman–Crippen MR) is 155 cm³/mol. The lowest BCUT2D eigenvalue weighted by atomic mass is 9.89. The Kier molecular flexibility index (Phi) is 9.15. The summed E-state index contributed by atoms with van der Waals surface area (Å²) in [7, 11) is 0. The van der Waals surface area contributed by atoms with Crippen molar-refractivity contribution in [3.63, 3.8) is 0 Å². The van der Waals surface area contributed by atoms with Crippen LogP contribution in [0.2, 0.25) is 0 Å². The lowest BCUT2D eigenvalue weighted by Crippen LogP contribution is -2.54.